The number of nitrogens with zero attached hydrogens (tertiary/aromatic N) is 2. The molecule has 1 aromatic heterocycles. The van der Waals surface area contributed by atoms with Crippen molar-refractivity contribution in [3.05, 3.63) is 41.7 Å². The summed E-state index contributed by atoms with van der Waals surface area (Å²) in [4.78, 5) is 56.3. The van der Waals surface area contributed by atoms with Gasteiger partial charge in [-0.3, -0.25) is 29.2 Å². The summed E-state index contributed by atoms with van der Waals surface area (Å²) < 4.78 is 5.81. The Morgan fingerprint density at radius 1 is 1.00 bits per heavy atom. The monoisotopic (exact) mass is 551 g/mol. The van der Waals surface area contributed by atoms with Crippen LogP contribution in [0.15, 0.2) is 30.5 Å². The molecule has 0 saturated carbocycles. The summed E-state index contributed by atoms with van der Waals surface area (Å²) in [5.74, 6) is -1.36. The van der Waals surface area contributed by atoms with Crippen LogP contribution in [0, 0.1) is 11.8 Å². The zero-order valence-corrected chi connectivity index (χ0v) is 23.9. The minimum atomic E-state index is -0.776. The minimum Gasteiger partial charge on any atom is -0.457 e. The molecule has 3 amide bonds. The number of nitrogens with one attached hydrogen (secondary N) is 3. The van der Waals surface area contributed by atoms with Gasteiger partial charge >= 0.3 is 5.97 Å². The maximum atomic E-state index is 13.2. The van der Waals surface area contributed by atoms with Gasteiger partial charge in [0.2, 0.25) is 11.8 Å². The highest BCUT2D eigenvalue weighted by atomic mass is 16.5. The standard InChI is InChI=1S/C30H41N5O5/c1-18(2)25-12-13-31-27(36)9-5-7-24-16-23-15-21(10-11-22(23)17-32-24)20(4)40-30(39)26-8-6-14-35(34-26)29(38)19(3)33-28(25)37/h10-11,15-20,25-26,34H,5-9,12-14H2,1-4H3,(H,31,36)(H,33,37). The fourth-order valence-corrected chi connectivity index (χ4v) is 5.30. The van der Waals surface area contributed by atoms with Crippen LogP contribution in [0.5, 0.6) is 0 Å². The molecule has 40 heavy (non-hydrogen) atoms. The van der Waals surface area contributed by atoms with Crippen LogP contribution in [0.4, 0.5) is 0 Å². The van der Waals surface area contributed by atoms with Crippen molar-refractivity contribution in [3.8, 4) is 0 Å². The molecule has 0 radical (unpaired) electrons. The third-order valence-electron chi connectivity index (χ3n) is 7.79. The Balaban J connectivity index is 1.55. The third kappa shape index (κ3) is 7.35. The predicted molar refractivity (Wildman–Crippen MR) is 151 cm³/mol. The first-order valence-corrected chi connectivity index (χ1v) is 14.4. The molecule has 10 heteroatoms. The minimum absolute atomic E-state index is 0.0295. The van der Waals surface area contributed by atoms with Gasteiger partial charge in [0.1, 0.15) is 18.2 Å². The van der Waals surface area contributed by atoms with E-state index in [1.165, 1.54) is 5.01 Å². The molecule has 5 bridgehead atoms. The Hall–Kier alpha value is -3.53. The molecule has 2 aromatic rings. The molecule has 0 spiro atoms. The molecule has 1 aromatic carbocycles. The Morgan fingerprint density at radius 2 is 1.80 bits per heavy atom. The summed E-state index contributed by atoms with van der Waals surface area (Å²) in [5.41, 5.74) is 4.76. The van der Waals surface area contributed by atoms with Gasteiger partial charge in [-0.05, 0) is 75.0 Å². The Labute approximate surface area is 235 Å². The summed E-state index contributed by atoms with van der Waals surface area (Å²) in [7, 11) is 0. The molecular formula is C30H41N5O5. The van der Waals surface area contributed by atoms with Crippen molar-refractivity contribution >= 4 is 34.5 Å². The number of hydrogen-bond acceptors (Lipinski definition) is 7. The quantitative estimate of drug-likeness (QED) is 0.465. The first kappa shape index (κ1) is 29.5. The van der Waals surface area contributed by atoms with E-state index in [1.54, 1.807) is 6.92 Å². The van der Waals surface area contributed by atoms with Gasteiger partial charge in [-0.15, -0.1) is 0 Å². The second-order valence-electron chi connectivity index (χ2n) is 11.2. The number of pyridine rings is 1. The number of ether oxygens (including phenoxy) is 1. The summed E-state index contributed by atoms with van der Waals surface area (Å²) in [6, 6.07) is 6.46. The Bertz CT molecular complexity index is 1250. The molecule has 4 unspecified atom stereocenters. The maximum absolute atomic E-state index is 13.2. The van der Waals surface area contributed by atoms with E-state index in [2.05, 4.69) is 21.0 Å². The highest BCUT2D eigenvalue weighted by molar-refractivity contribution is 5.88. The van der Waals surface area contributed by atoms with Crippen molar-refractivity contribution in [2.24, 2.45) is 11.8 Å². The predicted octanol–water partition coefficient (Wildman–Crippen LogP) is 2.95. The molecule has 10 nitrogen and oxygen atoms in total. The molecule has 3 N–H and O–H groups in total. The average molecular weight is 552 g/mol. The lowest BCUT2D eigenvalue weighted by atomic mass is 9.91. The van der Waals surface area contributed by atoms with E-state index in [1.807, 2.05) is 51.2 Å². The Kier molecular flexibility index (Phi) is 9.73. The lowest BCUT2D eigenvalue weighted by molar-refractivity contribution is -0.157. The maximum Gasteiger partial charge on any atom is 0.325 e. The number of esters is 1. The van der Waals surface area contributed by atoms with Crippen LogP contribution in [0.25, 0.3) is 10.8 Å². The summed E-state index contributed by atoms with van der Waals surface area (Å²) in [6.07, 6.45) is 4.65. The van der Waals surface area contributed by atoms with Crippen molar-refractivity contribution in [2.75, 3.05) is 13.1 Å². The van der Waals surface area contributed by atoms with Crippen molar-refractivity contribution in [1.29, 1.82) is 0 Å². The van der Waals surface area contributed by atoms with E-state index in [0.29, 0.717) is 51.6 Å². The van der Waals surface area contributed by atoms with Gasteiger partial charge in [-0.2, -0.15) is 0 Å². The number of carbonyl (C=O) groups is 4. The lowest BCUT2D eigenvalue weighted by Gasteiger charge is -2.35. The fourth-order valence-electron chi connectivity index (χ4n) is 5.30. The Morgan fingerprint density at radius 3 is 2.58 bits per heavy atom. The van der Waals surface area contributed by atoms with Gasteiger partial charge in [0, 0.05) is 42.7 Å². The SMILES string of the molecule is CC1NC(=O)C(C(C)C)CCNC(=O)CCCc2cc3cc(ccc3cn2)C(C)OC(=O)C2CCCN(N2)C1=O. The average Bonchev–Trinajstić information content (AvgIpc) is 2.93. The zero-order chi connectivity index (χ0) is 28.8. The summed E-state index contributed by atoms with van der Waals surface area (Å²) in [5, 5.41) is 9.16. The van der Waals surface area contributed by atoms with E-state index < -0.39 is 24.2 Å². The van der Waals surface area contributed by atoms with Gasteiger partial charge in [-0.1, -0.05) is 26.0 Å². The number of hydrazine groups is 1. The van der Waals surface area contributed by atoms with Crippen molar-refractivity contribution < 1.29 is 23.9 Å². The largest absolute Gasteiger partial charge is 0.457 e. The molecule has 4 rings (SSSR count). The number of fused-ring (bicyclic) bond motifs is 4. The van der Waals surface area contributed by atoms with Gasteiger partial charge in [-0.25, -0.2) is 5.43 Å². The normalized spacial score (nSPS) is 26.1. The van der Waals surface area contributed by atoms with Crippen molar-refractivity contribution in [2.45, 2.75) is 84.4 Å². The number of rotatable bonds is 1. The van der Waals surface area contributed by atoms with Gasteiger partial charge in [0.25, 0.3) is 5.91 Å². The molecule has 216 valence electrons. The summed E-state index contributed by atoms with van der Waals surface area (Å²) >= 11 is 0. The molecular weight excluding hydrogens is 510 g/mol. The number of carbonyl (C=O) groups excluding carboxylic acids is 4. The molecule has 2 aliphatic rings. The van der Waals surface area contributed by atoms with E-state index in [0.717, 1.165) is 22.0 Å². The fraction of sp³-hybridized carbons (Fsp3) is 0.567. The molecule has 1 saturated heterocycles. The molecule has 3 heterocycles. The van der Waals surface area contributed by atoms with Gasteiger partial charge in [0.05, 0.1) is 0 Å². The highest BCUT2D eigenvalue weighted by Crippen LogP contribution is 2.25. The second-order valence-corrected chi connectivity index (χ2v) is 11.2. The molecule has 1 fully saturated rings. The number of benzene rings is 1. The first-order valence-electron chi connectivity index (χ1n) is 14.4. The van der Waals surface area contributed by atoms with Crippen molar-refractivity contribution in [1.82, 2.24) is 26.1 Å². The van der Waals surface area contributed by atoms with E-state index in [4.69, 9.17) is 4.74 Å². The number of aryl methyl sites for hydroxylation is 1. The van der Waals surface area contributed by atoms with Crippen LogP contribution in [0.2, 0.25) is 0 Å². The van der Waals surface area contributed by atoms with E-state index in [-0.39, 0.29) is 29.6 Å². The van der Waals surface area contributed by atoms with Crippen LogP contribution in [0.1, 0.15) is 77.2 Å². The van der Waals surface area contributed by atoms with E-state index in [9.17, 15) is 19.2 Å². The highest BCUT2D eigenvalue weighted by Gasteiger charge is 2.33. The van der Waals surface area contributed by atoms with Crippen LogP contribution in [-0.4, -0.2) is 58.9 Å². The van der Waals surface area contributed by atoms with E-state index >= 15 is 0 Å². The third-order valence-corrected chi connectivity index (χ3v) is 7.79. The van der Waals surface area contributed by atoms with Crippen molar-refractivity contribution in [3.63, 3.8) is 0 Å². The van der Waals surface area contributed by atoms with Crippen LogP contribution < -0.4 is 16.1 Å². The molecule has 4 atom stereocenters. The zero-order valence-electron chi connectivity index (χ0n) is 23.9. The van der Waals surface area contributed by atoms with Crippen LogP contribution in [0.3, 0.4) is 0 Å². The lowest BCUT2D eigenvalue weighted by Crippen LogP contribution is -2.59. The first-order chi connectivity index (χ1) is 19.1. The number of hydrogen-bond donors (Lipinski definition) is 3. The number of aromatic nitrogens is 1. The van der Waals surface area contributed by atoms with Gasteiger partial charge in [0.15, 0.2) is 0 Å². The number of cyclic esters (lactones) is 1. The van der Waals surface area contributed by atoms with Crippen LogP contribution in [-0.2, 0) is 30.3 Å². The molecule has 0 aliphatic carbocycles. The van der Waals surface area contributed by atoms with Gasteiger partial charge < -0.3 is 15.4 Å². The number of amides is 3. The topological polar surface area (TPSA) is 130 Å². The summed E-state index contributed by atoms with van der Waals surface area (Å²) in [6.45, 7) is 8.19. The molecule has 2 aliphatic heterocycles. The van der Waals surface area contributed by atoms with Crippen LogP contribution >= 0.6 is 0 Å². The smallest absolute Gasteiger partial charge is 0.325 e. The second kappa shape index (κ2) is 13.2.